The van der Waals surface area contributed by atoms with Gasteiger partial charge in [-0.1, -0.05) is 30.3 Å². The average Bonchev–Trinajstić information content (AvgIpc) is 3.11. The molecule has 2 aromatic carbocycles. The Morgan fingerprint density at radius 1 is 0.723 bits per heavy atom. The van der Waals surface area contributed by atoms with Crippen LogP contribution in [0.2, 0.25) is 0 Å². The first kappa shape index (κ1) is 33.6. The first-order valence-electron chi connectivity index (χ1n) is 15.8. The van der Waals surface area contributed by atoms with Crippen LogP contribution in [-0.4, -0.2) is 51.6 Å². The van der Waals surface area contributed by atoms with Crippen molar-refractivity contribution in [3.8, 4) is 0 Å². The lowest BCUT2D eigenvalue weighted by molar-refractivity contribution is -0.136. The number of thioether (sulfide) groups is 1. The Morgan fingerprint density at radius 2 is 1.26 bits per heavy atom. The van der Waals surface area contributed by atoms with Gasteiger partial charge in [0.15, 0.2) is 0 Å². The van der Waals surface area contributed by atoms with Crippen LogP contribution in [0.5, 0.6) is 0 Å². The average molecular weight is 653 g/mol. The maximum absolute atomic E-state index is 13.8. The molecule has 0 saturated heterocycles. The number of hydrogen-bond acceptors (Lipinski definition) is 7. The van der Waals surface area contributed by atoms with E-state index in [1.807, 2.05) is 73.0 Å². The topological polar surface area (TPSA) is 142 Å². The molecule has 1 fully saturated rings. The third kappa shape index (κ3) is 9.62. The van der Waals surface area contributed by atoms with Crippen molar-refractivity contribution in [3.05, 3.63) is 103 Å². The molecule has 2 heterocycles. The SMILES string of the molecule is CSCC[C@H](NC(=O)C1C[C@@H](C(=O)NCc2ccncc2)C[C@@H](C(=O)NCc2ccncc2)C1)C(=O)Nc1ccc2ccccc2c1. The Bertz CT molecular complexity index is 1610. The fourth-order valence-corrected chi connectivity index (χ4v) is 6.39. The normalized spacial score (nSPS) is 18.1. The maximum Gasteiger partial charge on any atom is 0.246 e. The molecular formula is C36H40N6O4S. The van der Waals surface area contributed by atoms with Gasteiger partial charge in [0, 0.05) is 61.3 Å². The lowest BCUT2D eigenvalue weighted by Gasteiger charge is -2.33. The Morgan fingerprint density at radius 3 is 1.81 bits per heavy atom. The highest BCUT2D eigenvalue weighted by atomic mass is 32.2. The van der Waals surface area contributed by atoms with E-state index in [1.165, 1.54) is 0 Å². The number of benzene rings is 2. The van der Waals surface area contributed by atoms with Crippen molar-refractivity contribution in [1.82, 2.24) is 25.9 Å². The molecule has 0 aliphatic heterocycles. The van der Waals surface area contributed by atoms with Gasteiger partial charge in [0.2, 0.25) is 23.6 Å². The molecule has 0 bridgehead atoms. The van der Waals surface area contributed by atoms with Crippen LogP contribution in [-0.2, 0) is 32.3 Å². The van der Waals surface area contributed by atoms with E-state index in [-0.39, 0.29) is 36.5 Å². The molecule has 1 unspecified atom stereocenters. The summed E-state index contributed by atoms with van der Waals surface area (Å²) in [6.07, 6.45) is 9.92. The fraction of sp³-hybridized carbons (Fsp3) is 0.333. The lowest BCUT2D eigenvalue weighted by atomic mass is 9.73. The van der Waals surface area contributed by atoms with E-state index in [9.17, 15) is 19.2 Å². The van der Waals surface area contributed by atoms with Gasteiger partial charge < -0.3 is 21.3 Å². The molecule has 10 nitrogen and oxygen atoms in total. The van der Waals surface area contributed by atoms with Gasteiger partial charge in [-0.2, -0.15) is 11.8 Å². The number of carbonyl (C=O) groups is 4. The molecule has 0 radical (unpaired) electrons. The van der Waals surface area contributed by atoms with Gasteiger partial charge in [-0.3, -0.25) is 29.1 Å². The number of nitrogens with one attached hydrogen (secondary N) is 4. The van der Waals surface area contributed by atoms with Gasteiger partial charge in [-0.25, -0.2) is 0 Å². The Labute approximate surface area is 278 Å². The van der Waals surface area contributed by atoms with Crippen LogP contribution in [0.3, 0.4) is 0 Å². The fourth-order valence-electron chi connectivity index (χ4n) is 5.92. The Kier molecular flexibility index (Phi) is 11.9. The summed E-state index contributed by atoms with van der Waals surface area (Å²) in [4.78, 5) is 62.1. The van der Waals surface area contributed by atoms with Gasteiger partial charge in [-0.05, 0) is 96.0 Å². The van der Waals surface area contributed by atoms with Crippen molar-refractivity contribution in [1.29, 1.82) is 0 Å². The van der Waals surface area contributed by atoms with Crippen molar-refractivity contribution < 1.29 is 19.2 Å². The van der Waals surface area contributed by atoms with Gasteiger partial charge in [0.05, 0.1) is 0 Å². The molecule has 47 heavy (non-hydrogen) atoms. The van der Waals surface area contributed by atoms with Gasteiger partial charge >= 0.3 is 0 Å². The largest absolute Gasteiger partial charge is 0.352 e. The molecule has 5 rings (SSSR count). The zero-order valence-electron chi connectivity index (χ0n) is 26.4. The maximum atomic E-state index is 13.8. The molecule has 1 aliphatic carbocycles. The number of nitrogens with zero attached hydrogens (tertiary/aromatic N) is 2. The third-order valence-electron chi connectivity index (χ3n) is 8.51. The number of fused-ring (bicyclic) bond motifs is 1. The summed E-state index contributed by atoms with van der Waals surface area (Å²) < 4.78 is 0. The van der Waals surface area contributed by atoms with Crippen LogP contribution < -0.4 is 21.3 Å². The Balaban J connectivity index is 1.28. The summed E-state index contributed by atoms with van der Waals surface area (Å²) in [5.41, 5.74) is 2.45. The molecule has 4 amide bonds. The summed E-state index contributed by atoms with van der Waals surface area (Å²) in [5, 5.41) is 13.9. The van der Waals surface area contributed by atoms with Crippen molar-refractivity contribution in [2.45, 2.75) is 44.8 Å². The number of anilines is 1. The molecule has 4 atom stereocenters. The van der Waals surface area contributed by atoms with Crippen molar-refractivity contribution in [2.24, 2.45) is 17.8 Å². The minimum atomic E-state index is -0.777. The quantitative estimate of drug-likeness (QED) is 0.167. The van der Waals surface area contributed by atoms with E-state index < -0.39 is 23.8 Å². The molecule has 4 N–H and O–H groups in total. The number of carbonyl (C=O) groups excluding carboxylic acids is 4. The lowest BCUT2D eigenvalue weighted by Crippen LogP contribution is -2.49. The van der Waals surface area contributed by atoms with Gasteiger partial charge in [-0.15, -0.1) is 0 Å². The Hall–Kier alpha value is -4.77. The predicted octanol–water partition coefficient (Wildman–Crippen LogP) is 4.47. The van der Waals surface area contributed by atoms with Crippen LogP contribution in [0.1, 0.15) is 36.8 Å². The molecule has 244 valence electrons. The summed E-state index contributed by atoms with van der Waals surface area (Å²) >= 11 is 1.59. The van der Waals surface area contributed by atoms with Crippen LogP contribution in [0.15, 0.2) is 91.5 Å². The highest BCUT2D eigenvalue weighted by molar-refractivity contribution is 7.98. The van der Waals surface area contributed by atoms with E-state index in [4.69, 9.17) is 0 Å². The zero-order valence-corrected chi connectivity index (χ0v) is 27.2. The summed E-state index contributed by atoms with van der Waals surface area (Å²) in [5.74, 6) is -2.11. The molecular weight excluding hydrogens is 613 g/mol. The summed E-state index contributed by atoms with van der Waals surface area (Å²) in [6, 6.07) is 20.1. The molecule has 1 saturated carbocycles. The standard InChI is InChI=1S/C36H40N6O4S/c1-47-17-12-32(36(46)41-31-7-6-26-4-2-3-5-27(26)21-31)42-35(45)30-19-28(33(43)39-22-24-8-13-37-14-9-24)18-29(20-30)34(44)40-23-25-10-15-38-16-11-25/h2-11,13-16,21,28-30,32H,12,17-20,22-23H2,1H3,(H,39,43)(H,40,44)(H,41,46)(H,42,45)/t28-,29+,30?,32-/m0/s1. The minimum absolute atomic E-state index is 0.209. The molecule has 0 spiro atoms. The van der Waals surface area contributed by atoms with Crippen LogP contribution in [0, 0.1) is 17.8 Å². The predicted molar refractivity (Wildman–Crippen MR) is 184 cm³/mol. The summed E-state index contributed by atoms with van der Waals surface area (Å²) in [6.45, 7) is 0.638. The molecule has 2 aromatic heterocycles. The van der Waals surface area contributed by atoms with Crippen LogP contribution in [0.4, 0.5) is 5.69 Å². The number of rotatable bonds is 13. The highest BCUT2D eigenvalue weighted by Crippen LogP contribution is 2.34. The highest BCUT2D eigenvalue weighted by Gasteiger charge is 2.39. The van der Waals surface area contributed by atoms with Gasteiger partial charge in [0.25, 0.3) is 0 Å². The first-order chi connectivity index (χ1) is 22.9. The van der Waals surface area contributed by atoms with E-state index in [0.717, 1.165) is 21.9 Å². The number of pyridine rings is 2. The number of amides is 4. The third-order valence-corrected chi connectivity index (χ3v) is 9.16. The van der Waals surface area contributed by atoms with Crippen molar-refractivity contribution in [3.63, 3.8) is 0 Å². The monoisotopic (exact) mass is 652 g/mol. The van der Waals surface area contributed by atoms with E-state index in [2.05, 4.69) is 31.2 Å². The number of aromatic nitrogens is 2. The van der Waals surface area contributed by atoms with Gasteiger partial charge in [0.1, 0.15) is 6.04 Å². The van der Waals surface area contributed by atoms with Crippen LogP contribution in [0.25, 0.3) is 10.8 Å². The second-order valence-corrected chi connectivity index (χ2v) is 12.8. The second kappa shape index (κ2) is 16.7. The summed E-state index contributed by atoms with van der Waals surface area (Å²) in [7, 11) is 0. The van der Waals surface area contributed by atoms with E-state index in [1.54, 1.807) is 36.5 Å². The smallest absolute Gasteiger partial charge is 0.246 e. The van der Waals surface area contributed by atoms with Crippen LogP contribution >= 0.6 is 11.8 Å². The first-order valence-corrected chi connectivity index (χ1v) is 17.2. The van der Waals surface area contributed by atoms with Crippen molar-refractivity contribution in [2.75, 3.05) is 17.3 Å². The molecule has 11 heteroatoms. The minimum Gasteiger partial charge on any atom is -0.352 e. The van der Waals surface area contributed by atoms with E-state index in [0.29, 0.717) is 37.4 Å². The second-order valence-electron chi connectivity index (χ2n) is 11.8. The number of hydrogen-bond donors (Lipinski definition) is 4. The molecule has 1 aliphatic rings. The molecule has 4 aromatic rings. The van der Waals surface area contributed by atoms with E-state index >= 15 is 0 Å². The van der Waals surface area contributed by atoms with Crippen molar-refractivity contribution >= 4 is 51.9 Å². The zero-order chi connectivity index (χ0) is 33.0.